The summed E-state index contributed by atoms with van der Waals surface area (Å²) >= 11 is 0. The number of H-pyrrole nitrogens is 1. The molecular weight excluding hydrogens is 266 g/mol. The van der Waals surface area contributed by atoms with E-state index in [4.69, 9.17) is 4.74 Å². The predicted molar refractivity (Wildman–Crippen MR) is 82.6 cm³/mol. The van der Waals surface area contributed by atoms with Crippen molar-refractivity contribution in [1.29, 1.82) is 0 Å². The summed E-state index contributed by atoms with van der Waals surface area (Å²) in [5.74, 6) is 1.05. The van der Waals surface area contributed by atoms with Crippen LogP contribution in [-0.2, 0) is 11.2 Å². The second-order valence-electron chi connectivity index (χ2n) is 5.13. The van der Waals surface area contributed by atoms with E-state index >= 15 is 0 Å². The first-order chi connectivity index (χ1) is 10.1. The topological polar surface area (TPSA) is 67.0 Å². The maximum Gasteiger partial charge on any atom is 0.263 e. The summed E-state index contributed by atoms with van der Waals surface area (Å²) in [6.45, 7) is 6.01. The Morgan fingerprint density at radius 2 is 2.14 bits per heavy atom. The quantitative estimate of drug-likeness (QED) is 0.858. The van der Waals surface area contributed by atoms with Crippen LogP contribution in [0.5, 0.6) is 5.75 Å². The molecule has 0 aliphatic heterocycles. The Balaban J connectivity index is 1.88. The SMILES string of the molecule is CCCc1cc(NC(=O)COc2cc(C)ccc2C)n[nH]1. The van der Waals surface area contributed by atoms with Crippen LogP contribution in [0.1, 0.15) is 30.2 Å². The van der Waals surface area contributed by atoms with Gasteiger partial charge in [0.15, 0.2) is 12.4 Å². The fourth-order valence-electron chi connectivity index (χ4n) is 2.01. The van der Waals surface area contributed by atoms with Gasteiger partial charge in [-0.25, -0.2) is 0 Å². The molecule has 0 radical (unpaired) electrons. The molecule has 112 valence electrons. The van der Waals surface area contributed by atoms with Gasteiger partial charge < -0.3 is 10.1 Å². The molecule has 5 heteroatoms. The highest BCUT2D eigenvalue weighted by Gasteiger charge is 2.08. The normalized spacial score (nSPS) is 10.4. The molecule has 0 unspecified atom stereocenters. The minimum Gasteiger partial charge on any atom is -0.483 e. The minimum atomic E-state index is -0.217. The Morgan fingerprint density at radius 3 is 2.90 bits per heavy atom. The molecule has 0 aliphatic carbocycles. The summed E-state index contributed by atoms with van der Waals surface area (Å²) in [6.07, 6.45) is 1.95. The number of aryl methyl sites for hydroxylation is 3. The second kappa shape index (κ2) is 6.92. The molecule has 2 rings (SSSR count). The van der Waals surface area contributed by atoms with E-state index in [1.54, 1.807) is 0 Å². The summed E-state index contributed by atoms with van der Waals surface area (Å²) in [6, 6.07) is 7.77. The van der Waals surface area contributed by atoms with E-state index in [0.29, 0.717) is 5.82 Å². The van der Waals surface area contributed by atoms with Gasteiger partial charge in [-0.1, -0.05) is 25.5 Å². The van der Waals surface area contributed by atoms with Crippen LogP contribution in [-0.4, -0.2) is 22.7 Å². The van der Waals surface area contributed by atoms with Crippen LogP contribution in [0.3, 0.4) is 0 Å². The lowest BCUT2D eigenvalue weighted by Gasteiger charge is -2.09. The predicted octanol–water partition coefficient (Wildman–Crippen LogP) is 3.00. The highest BCUT2D eigenvalue weighted by Crippen LogP contribution is 2.19. The fourth-order valence-corrected chi connectivity index (χ4v) is 2.01. The first-order valence-corrected chi connectivity index (χ1v) is 7.12. The van der Waals surface area contributed by atoms with Crippen molar-refractivity contribution in [3.05, 3.63) is 41.1 Å². The van der Waals surface area contributed by atoms with Gasteiger partial charge in [-0.3, -0.25) is 9.89 Å². The molecule has 5 nitrogen and oxygen atoms in total. The summed E-state index contributed by atoms with van der Waals surface area (Å²) < 4.78 is 5.56. The lowest BCUT2D eigenvalue weighted by molar-refractivity contribution is -0.118. The van der Waals surface area contributed by atoms with Crippen molar-refractivity contribution in [2.75, 3.05) is 11.9 Å². The summed E-state index contributed by atoms with van der Waals surface area (Å²) in [7, 11) is 0. The van der Waals surface area contributed by atoms with E-state index in [1.165, 1.54) is 0 Å². The van der Waals surface area contributed by atoms with Crippen molar-refractivity contribution in [1.82, 2.24) is 10.2 Å². The third-order valence-electron chi connectivity index (χ3n) is 3.12. The molecule has 0 atom stereocenters. The van der Waals surface area contributed by atoms with E-state index in [9.17, 15) is 4.79 Å². The highest BCUT2D eigenvalue weighted by molar-refractivity contribution is 5.91. The molecule has 1 aromatic carbocycles. The van der Waals surface area contributed by atoms with Crippen molar-refractivity contribution < 1.29 is 9.53 Å². The summed E-state index contributed by atoms with van der Waals surface area (Å²) in [4.78, 5) is 11.9. The monoisotopic (exact) mass is 287 g/mol. The molecule has 0 aliphatic rings. The Bertz CT molecular complexity index is 620. The van der Waals surface area contributed by atoms with Gasteiger partial charge in [-0.2, -0.15) is 5.10 Å². The van der Waals surface area contributed by atoms with Crippen molar-refractivity contribution in [2.24, 2.45) is 0 Å². The number of anilines is 1. The van der Waals surface area contributed by atoms with Crippen LogP contribution < -0.4 is 10.1 Å². The standard InChI is InChI=1S/C16H21N3O2/c1-4-5-13-9-15(19-18-13)17-16(20)10-21-14-8-11(2)6-7-12(14)3/h6-9H,4-5,10H2,1-3H3,(H2,17,18,19,20). The van der Waals surface area contributed by atoms with Crippen LogP contribution in [0.2, 0.25) is 0 Å². The number of hydrogen-bond acceptors (Lipinski definition) is 3. The molecule has 0 bridgehead atoms. The van der Waals surface area contributed by atoms with Gasteiger partial charge in [0.2, 0.25) is 0 Å². The maximum absolute atomic E-state index is 11.9. The molecule has 0 fully saturated rings. The van der Waals surface area contributed by atoms with Gasteiger partial charge in [0.25, 0.3) is 5.91 Å². The zero-order valence-electron chi connectivity index (χ0n) is 12.7. The number of nitrogens with one attached hydrogen (secondary N) is 2. The average molecular weight is 287 g/mol. The van der Waals surface area contributed by atoms with Gasteiger partial charge in [0.05, 0.1) is 0 Å². The second-order valence-corrected chi connectivity index (χ2v) is 5.13. The zero-order chi connectivity index (χ0) is 15.2. The highest BCUT2D eigenvalue weighted by atomic mass is 16.5. The van der Waals surface area contributed by atoms with Crippen molar-refractivity contribution >= 4 is 11.7 Å². The molecule has 2 N–H and O–H groups in total. The lowest BCUT2D eigenvalue weighted by atomic mass is 10.1. The molecule has 0 saturated carbocycles. The van der Waals surface area contributed by atoms with Gasteiger partial charge in [0.1, 0.15) is 5.75 Å². The van der Waals surface area contributed by atoms with Crippen LogP contribution in [0.15, 0.2) is 24.3 Å². The number of amides is 1. The third kappa shape index (κ3) is 4.34. The number of hydrogen-bond donors (Lipinski definition) is 2. The zero-order valence-corrected chi connectivity index (χ0v) is 12.7. The number of benzene rings is 1. The molecule has 0 spiro atoms. The number of carbonyl (C=O) groups is 1. The van der Waals surface area contributed by atoms with Crippen molar-refractivity contribution in [3.8, 4) is 5.75 Å². The van der Waals surface area contributed by atoms with Crippen LogP contribution >= 0.6 is 0 Å². The fraction of sp³-hybridized carbons (Fsp3) is 0.375. The Kier molecular flexibility index (Phi) is 4.98. The maximum atomic E-state index is 11.9. The lowest BCUT2D eigenvalue weighted by Crippen LogP contribution is -2.20. The number of rotatable bonds is 6. The molecule has 1 heterocycles. The largest absolute Gasteiger partial charge is 0.483 e. The Morgan fingerprint density at radius 1 is 1.33 bits per heavy atom. The molecule has 0 saturated heterocycles. The van der Waals surface area contributed by atoms with E-state index in [1.807, 2.05) is 38.1 Å². The number of aromatic nitrogens is 2. The average Bonchev–Trinajstić information content (AvgIpc) is 2.87. The van der Waals surface area contributed by atoms with E-state index in [-0.39, 0.29) is 12.5 Å². The van der Waals surface area contributed by atoms with Gasteiger partial charge >= 0.3 is 0 Å². The number of nitrogens with zero attached hydrogens (tertiary/aromatic N) is 1. The first-order valence-electron chi connectivity index (χ1n) is 7.12. The van der Waals surface area contributed by atoms with Crippen molar-refractivity contribution in [3.63, 3.8) is 0 Å². The van der Waals surface area contributed by atoms with Gasteiger partial charge in [-0.05, 0) is 37.5 Å². The van der Waals surface area contributed by atoms with Gasteiger partial charge in [0, 0.05) is 11.8 Å². The number of aromatic amines is 1. The molecule has 1 aromatic heterocycles. The van der Waals surface area contributed by atoms with Crippen molar-refractivity contribution in [2.45, 2.75) is 33.6 Å². The Hall–Kier alpha value is -2.30. The van der Waals surface area contributed by atoms with Gasteiger partial charge in [-0.15, -0.1) is 0 Å². The van der Waals surface area contributed by atoms with Crippen LogP contribution in [0.25, 0.3) is 0 Å². The molecule has 21 heavy (non-hydrogen) atoms. The molecule has 2 aromatic rings. The third-order valence-corrected chi connectivity index (χ3v) is 3.12. The summed E-state index contributed by atoms with van der Waals surface area (Å²) in [5.41, 5.74) is 3.13. The number of carbonyl (C=O) groups excluding carboxylic acids is 1. The van der Waals surface area contributed by atoms with E-state index < -0.39 is 0 Å². The summed E-state index contributed by atoms with van der Waals surface area (Å²) in [5, 5.41) is 9.66. The molecular formula is C16H21N3O2. The minimum absolute atomic E-state index is 0.0275. The number of ether oxygens (including phenoxy) is 1. The first kappa shape index (κ1) is 15.1. The van der Waals surface area contributed by atoms with E-state index in [2.05, 4.69) is 22.4 Å². The van der Waals surface area contributed by atoms with Crippen LogP contribution in [0.4, 0.5) is 5.82 Å². The van der Waals surface area contributed by atoms with E-state index in [0.717, 1.165) is 35.4 Å². The Labute approximate surface area is 124 Å². The smallest absolute Gasteiger partial charge is 0.263 e. The van der Waals surface area contributed by atoms with Crippen LogP contribution in [0, 0.1) is 13.8 Å². The molecule has 1 amide bonds.